The van der Waals surface area contributed by atoms with Gasteiger partial charge in [-0.15, -0.1) is 0 Å². The summed E-state index contributed by atoms with van der Waals surface area (Å²) >= 11 is 5.85. The van der Waals surface area contributed by atoms with Crippen LogP contribution in [0.5, 0.6) is 0 Å². The highest BCUT2D eigenvalue weighted by molar-refractivity contribution is 6.31. The van der Waals surface area contributed by atoms with Gasteiger partial charge in [-0.2, -0.15) is 13.2 Å². The second kappa shape index (κ2) is 6.77. The topological polar surface area (TPSA) is 60.2 Å². The highest BCUT2D eigenvalue weighted by Crippen LogP contribution is 2.21. The SMILES string of the molecule is NNc1ccc(Cl)c(COCCCC(F)(F)F)n1. The van der Waals surface area contributed by atoms with Gasteiger partial charge in [0.2, 0.25) is 0 Å². The van der Waals surface area contributed by atoms with Crippen LogP contribution in [-0.4, -0.2) is 17.8 Å². The number of aromatic nitrogens is 1. The normalized spacial score (nSPS) is 11.6. The number of hydrazine groups is 1. The largest absolute Gasteiger partial charge is 0.389 e. The molecule has 18 heavy (non-hydrogen) atoms. The molecule has 0 fully saturated rings. The van der Waals surface area contributed by atoms with E-state index >= 15 is 0 Å². The number of halogens is 4. The van der Waals surface area contributed by atoms with Gasteiger partial charge in [-0.25, -0.2) is 10.8 Å². The van der Waals surface area contributed by atoms with Crippen molar-refractivity contribution in [3.05, 3.63) is 22.8 Å². The lowest BCUT2D eigenvalue weighted by molar-refractivity contribution is -0.138. The second-order valence-corrected chi connectivity index (χ2v) is 3.95. The number of nitrogens with two attached hydrogens (primary N) is 1. The lowest BCUT2D eigenvalue weighted by Crippen LogP contribution is -2.11. The van der Waals surface area contributed by atoms with Gasteiger partial charge in [0.25, 0.3) is 0 Å². The monoisotopic (exact) mass is 283 g/mol. The maximum atomic E-state index is 11.9. The Balaban J connectivity index is 2.35. The van der Waals surface area contributed by atoms with Crippen LogP contribution >= 0.6 is 11.6 Å². The number of nitrogen functional groups attached to an aromatic ring is 1. The van der Waals surface area contributed by atoms with Gasteiger partial charge >= 0.3 is 6.18 Å². The predicted molar refractivity (Wildman–Crippen MR) is 62.0 cm³/mol. The molecule has 3 N–H and O–H groups in total. The van der Waals surface area contributed by atoms with Crippen molar-refractivity contribution in [1.29, 1.82) is 0 Å². The number of nitrogens with zero attached hydrogens (tertiary/aromatic N) is 1. The van der Waals surface area contributed by atoms with Crippen molar-refractivity contribution in [2.75, 3.05) is 12.0 Å². The highest BCUT2D eigenvalue weighted by Gasteiger charge is 2.25. The number of alkyl halides is 3. The lowest BCUT2D eigenvalue weighted by Gasteiger charge is -2.08. The first-order valence-electron chi connectivity index (χ1n) is 5.19. The zero-order valence-corrected chi connectivity index (χ0v) is 10.2. The van der Waals surface area contributed by atoms with Gasteiger partial charge < -0.3 is 10.2 Å². The molecule has 1 aromatic rings. The molecule has 1 rings (SSSR count). The van der Waals surface area contributed by atoms with Crippen LogP contribution in [0.1, 0.15) is 18.5 Å². The molecule has 0 aliphatic carbocycles. The molecule has 0 bridgehead atoms. The Morgan fingerprint density at radius 3 is 2.72 bits per heavy atom. The number of anilines is 1. The molecule has 0 aliphatic heterocycles. The molecule has 1 aromatic heterocycles. The first-order valence-corrected chi connectivity index (χ1v) is 5.56. The minimum atomic E-state index is -4.15. The maximum absolute atomic E-state index is 11.9. The van der Waals surface area contributed by atoms with Crippen LogP contribution in [-0.2, 0) is 11.3 Å². The summed E-state index contributed by atoms with van der Waals surface area (Å²) < 4.78 is 40.7. The van der Waals surface area contributed by atoms with Crippen LogP contribution in [0.4, 0.5) is 19.0 Å². The van der Waals surface area contributed by atoms with Crippen molar-refractivity contribution in [3.8, 4) is 0 Å². The molecule has 102 valence electrons. The van der Waals surface area contributed by atoms with E-state index in [1.807, 2.05) is 0 Å². The van der Waals surface area contributed by atoms with Crippen molar-refractivity contribution in [2.24, 2.45) is 5.84 Å². The molecule has 0 unspecified atom stereocenters. The van der Waals surface area contributed by atoms with Crippen LogP contribution in [0, 0.1) is 0 Å². The van der Waals surface area contributed by atoms with E-state index in [0.29, 0.717) is 16.5 Å². The van der Waals surface area contributed by atoms with Crippen molar-refractivity contribution < 1.29 is 17.9 Å². The molecule has 0 radical (unpaired) electrons. The number of ether oxygens (including phenoxy) is 1. The molecule has 1 heterocycles. The van der Waals surface area contributed by atoms with E-state index in [4.69, 9.17) is 22.2 Å². The molecule has 4 nitrogen and oxygen atoms in total. The Kier molecular flexibility index (Phi) is 5.64. The van der Waals surface area contributed by atoms with Gasteiger partial charge in [-0.1, -0.05) is 11.6 Å². The van der Waals surface area contributed by atoms with Crippen molar-refractivity contribution >= 4 is 17.4 Å². The van der Waals surface area contributed by atoms with Gasteiger partial charge in [0.1, 0.15) is 5.82 Å². The fourth-order valence-electron chi connectivity index (χ4n) is 1.21. The van der Waals surface area contributed by atoms with Gasteiger partial charge in [0, 0.05) is 13.0 Å². The summed E-state index contributed by atoms with van der Waals surface area (Å²) in [6, 6.07) is 3.16. The second-order valence-electron chi connectivity index (χ2n) is 3.54. The van der Waals surface area contributed by atoms with E-state index in [9.17, 15) is 13.2 Å². The number of hydrogen-bond donors (Lipinski definition) is 2. The smallest absolute Gasteiger partial charge is 0.375 e. The van der Waals surface area contributed by atoms with E-state index in [2.05, 4.69) is 10.4 Å². The first kappa shape index (κ1) is 15.0. The zero-order chi connectivity index (χ0) is 13.6. The quantitative estimate of drug-likeness (QED) is 0.479. The molecule has 0 spiro atoms. The standard InChI is InChI=1S/C10H13ClF3N3O/c11-7-2-3-9(17-15)16-8(7)6-18-5-1-4-10(12,13)14/h2-3H,1,4-6,15H2,(H,16,17). The lowest BCUT2D eigenvalue weighted by atomic mass is 10.3. The number of nitrogens with one attached hydrogen (secondary N) is 1. The van der Waals surface area contributed by atoms with Crippen molar-refractivity contribution in [3.63, 3.8) is 0 Å². The van der Waals surface area contributed by atoms with Crippen molar-refractivity contribution in [2.45, 2.75) is 25.6 Å². The van der Waals surface area contributed by atoms with Gasteiger partial charge in [0.05, 0.1) is 17.3 Å². The number of pyridine rings is 1. The number of hydrogen-bond acceptors (Lipinski definition) is 4. The zero-order valence-electron chi connectivity index (χ0n) is 9.43. The van der Waals surface area contributed by atoms with Gasteiger partial charge in [-0.3, -0.25) is 0 Å². The molecule has 0 saturated carbocycles. The average Bonchev–Trinajstić information content (AvgIpc) is 2.29. The molecule has 0 amide bonds. The molecule has 8 heteroatoms. The average molecular weight is 284 g/mol. The van der Waals surface area contributed by atoms with Crippen LogP contribution in [0.25, 0.3) is 0 Å². The highest BCUT2D eigenvalue weighted by atomic mass is 35.5. The van der Waals surface area contributed by atoms with E-state index in [0.717, 1.165) is 0 Å². The molecule has 0 aromatic carbocycles. The summed E-state index contributed by atoms with van der Waals surface area (Å²) in [6.07, 6.45) is -5.10. The summed E-state index contributed by atoms with van der Waals surface area (Å²) in [5.74, 6) is 5.58. The summed E-state index contributed by atoms with van der Waals surface area (Å²) in [5, 5.41) is 0.379. The Hall–Kier alpha value is -1.05. The summed E-state index contributed by atoms with van der Waals surface area (Å²) in [7, 11) is 0. The predicted octanol–water partition coefficient (Wildman–Crippen LogP) is 2.88. The Morgan fingerprint density at radius 2 is 2.11 bits per heavy atom. The molecular weight excluding hydrogens is 271 g/mol. The third-order valence-corrected chi connectivity index (χ3v) is 2.40. The Bertz CT molecular complexity index is 387. The van der Waals surface area contributed by atoms with Crippen LogP contribution in [0.2, 0.25) is 5.02 Å². The van der Waals surface area contributed by atoms with E-state index in [-0.39, 0.29) is 19.6 Å². The van der Waals surface area contributed by atoms with Gasteiger partial charge in [-0.05, 0) is 18.6 Å². The Labute approximate surface area is 107 Å². The van der Waals surface area contributed by atoms with E-state index < -0.39 is 12.6 Å². The third-order valence-electron chi connectivity index (χ3n) is 2.05. The fraction of sp³-hybridized carbons (Fsp3) is 0.500. The van der Waals surface area contributed by atoms with E-state index in [1.54, 1.807) is 12.1 Å². The summed E-state index contributed by atoms with van der Waals surface area (Å²) in [4.78, 5) is 4.02. The minimum absolute atomic E-state index is 0.00218. The molecule has 0 aliphatic rings. The van der Waals surface area contributed by atoms with Crippen LogP contribution in [0.3, 0.4) is 0 Å². The molecule has 0 atom stereocenters. The van der Waals surface area contributed by atoms with E-state index in [1.165, 1.54) is 0 Å². The maximum Gasteiger partial charge on any atom is 0.389 e. The number of rotatable bonds is 6. The first-order chi connectivity index (χ1) is 8.42. The van der Waals surface area contributed by atoms with Crippen LogP contribution in [0.15, 0.2) is 12.1 Å². The fourth-order valence-corrected chi connectivity index (χ4v) is 1.37. The van der Waals surface area contributed by atoms with Crippen molar-refractivity contribution in [1.82, 2.24) is 4.98 Å². The molecular formula is C10H13ClF3N3O. The summed E-state index contributed by atoms with van der Waals surface area (Å²) in [6.45, 7) is 0.0456. The molecule has 0 saturated heterocycles. The summed E-state index contributed by atoms with van der Waals surface area (Å²) in [5.41, 5.74) is 2.77. The minimum Gasteiger partial charge on any atom is -0.375 e. The third kappa shape index (κ3) is 5.52. The Morgan fingerprint density at radius 1 is 1.39 bits per heavy atom. The van der Waals surface area contributed by atoms with Crippen LogP contribution < -0.4 is 11.3 Å². The van der Waals surface area contributed by atoms with Gasteiger partial charge in [0.15, 0.2) is 0 Å².